The Morgan fingerprint density at radius 2 is 1.57 bits per heavy atom. The van der Waals surface area contributed by atoms with E-state index >= 15 is 0 Å². The van der Waals surface area contributed by atoms with Crippen LogP contribution >= 0.6 is 0 Å². The average molecular weight is 736 g/mol. The van der Waals surface area contributed by atoms with Gasteiger partial charge in [-0.05, 0) is 36.3 Å². The summed E-state index contributed by atoms with van der Waals surface area (Å²) in [5.74, 6) is -2.14. The van der Waals surface area contributed by atoms with Crippen molar-refractivity contribution in [3.63, 3.8) is 0 Å². The maximum atomic E-state index is 14.6. The molecule has 282 valence electrons. The average Bonchev–Trinajstić information content (AvgIpc) is 3.72. The van der Waals surface area contributed by atoms with Gasteiger partial charge in [-0.1, -0.05) is 97.1 Å². The first kappa shape index (κ1) is 35.3. The van der Waals surface area contributed by atoms with Crippen molar-refractivity contribution in [2.24, 2.45) is 11.3 Å². The number of carbonyl (C=O) groups is 3. The summed E-state index contributed by atoms with van der Waals surface area (Å²) < 4.78 is 25.8. The molecule has 12 nitrogen and oxygen atoms in total. The Morgan fingerprint density at radius 1 is 0.852 bits per heavy atom. The second-order valence-corrected chi connectivity index (χ2v) is 15.2. The van der Waals surface area contributed by atoms with Crippen LogP contribution in [-0.4, -0.2) is 90.3 Å². The molecule has 12 heteroatoms. The smallest absolute Gasteiger partial charge is 0.327 e. The number of hydroxylamine groups is 2. The molecule has 9 unspecified atom stereocenters. The number of amides is 2. The Bertz CT molecular complexity index is 1850. The van der Waals surface area contributed by atoms with E-state index in [0.29, 0.717) is 18.1 Å². The number of hydrogen-bond donors (Lipinski definition) is 3. The highest BCUT2D eigenvalue weighted by atomic mass is 16.8. The zero-order valence-electron chi connectivity index (χ0n) is 29.9. The number of aliphatic hydroxyl groups is 1. The van der Waals surface area contributed by atoms with E-state index in [0.717, 1.165) is 41.5 Å². The highest BCUT2D eigenvalue weighted by Crippen LogP contribution is 2.59. The Labute approximate surface area is 313 Å². The summed E-state index contributed by atoms with van der Waals surface area (Å²) >= 11 is 0. The number of carbonyl (C=O) groups excluding carboxylic acids is 3. The Balaban J connectivity index is 1.02. The van der Waals surface area contributed by atoms with Crippen molar-refractivity contribution in [1.29, 1.82) is 0 Å². The minimum atomic E-state index is -1.40. The molecule has 4 aliphatic heterocycles. The van der Waals surface area contributed by atoms with E-state index < -0.39 is 53.5 Å². The minimum absolute atomic E-state index is 0.00279. The molecule has 2 amide bonds. The van der Waals surface area contributed by atoms with Crippen molar-refractivity contribution < 1.29 is 43.3 Å². The van der Waals surface area contributed by atoms with Crippen LogP contribution in [0.25, 0.3) is 6.08 Å². The van der Waals surface area contributed by atoms with Gasteiger partial charge in [-0.2, -0.15) is 5.06 Å². The summed E-state index contributed by atoms with van der Waals surface area (Å²) in [5.41, 5.74) is 2.08. The number of rotatable bonds is 12. The van der Waals surface area contributed by atoms with Crippen molar-refractivity contribution in [2.75, 3.05) is 19.7 Å². The van der Waals surface area contributed by atoms with Crippen molar-refractivity contribution in [2.45, 2.75) is 87.1 Å². The molecule has 9 atom stereocenters. The van der Waals surface area contributed by atoms with Gasteiger partial charge in [0.15, 0.2) is 6.04 Å². The molecule has 0 aromatic heterocycles. The van der Waals surface area contributed by atoms with Gasteiger partial charge in [-0.3, -0.25) is 19.2 Å². The fraction of sp³-hybridized carbons (Fsp3) is 0.452. The first-order valence-corrected chi connectivity index (χ1v) is 19.1. The van der Waals surface area contributed by atoms with Gasteiger partial charge in [0, 0.05) is 37.1 Å². The number of ether oxygens (including phenoxy) is 4. The van der Waals surface area contributed by atoms with E-state index in [1.165, 1.54) is 0 Å². The van der Waals surface area contributed by atoms with Gasteiger partial charge in [0.2, 0.25) is 17.6 Å². The normalized spacial score (nSPS) is 33.1. The second kappa shape index (κ2) is 14.3. The van der Waals surface area contributed by atoms with E-state index in [2.05, 4.69) is 22.8 Å². The van der Waals surface area contributed by atoms with Crippen LogP contribution in [0.2, 0.25) is 0 Å². The summed E-state index contributed by atoms with van der Waals surface area (Å²) in [7, 11) is 0. The fourth-order valence-corrected chi connectivity index (χ4v) is 9.20. The summed E-state index contributed by atoms with van der Waals surface area (Å²) in [6.45, 7) is 0.184. The molecule has 3 aromatic carbocycles. The van der Waals surface area contributed by atoms with E-state index in [4.69, 9.17) is 28.9 Å². The maximum absolute atomic E-state index is 14.6. The van der Waals surface area contributed by atoms with Crippen LogP contribution in [0.3, 0.4) is 0 Å². The Kier molecular flexibility index (Phi) is 9.36. The number of allylic oxidation sites excluding steroid dienone is 1. The lowest BCUT2D eigenvalue weighted by Gasteiger charge is -2.48. The third-order valence-electron chi connectivity index (χ3n) is 11.9. The van der Waals surface area contributed by atoms with Crippen molar-refractivity contribution in [3.8, 4) is 0 Å². The van der Waals surface area contributed by atoms with Crippen LogP contribution in [0.5, 0.6) is 0 Å². The van der Waals surface area contributed by atoms with Crippen LogP contribution < -0.4 is 10.6 Å². The first-order valence-electron chi connectivity index (χ1n) is 19.1. The third kappa shape index (κ3) is 6.24. The second-order valence-electron chi connectivity index (χ2n) is 15.2. The number of nitrogens with zero attached hydrogens (tertiary/aromatic N) is 1. The molecule has 0 spiro atoms. The molecule has 4 saturated heterocycles. The molecular formula is C42H45N3O9. The Morgan fingerprint density at radius 3 is 2.28 bits per heavy atom. The molecule has 6 aliphatic rings. The number of hydrogen-bond acceptors (Lipinski definition) is 10. The summed E-state index contributed by atoms with van der Waals surface area (Å²) in [6.07, 6.45) is 5.58. The lowest BCUT2D eigenvalue weighted by atomic mass is 9.62. The molecule has 2 bridgehead atoms. The van der Waals surface area contributed by atoms with Crippen molar-refractivity contribution >= 4 is 23.9 Å². The number of nitrogens with one attached hydrogen (secondary N) is 2. The van der Waals surface area contributed by atoms with Crippen LogP contribution in [0.4, 0.5) is 0 Å². The lowest BCUT2D eigenvalue weighted by molar-refractivity contribution is -0.213. The number of fused-ring (bicyclic) bond motifs is 5. The number of benzene rings is 3. The van der Waals surface area contributed by atoms with Gasteiger partial charge in [-0.15, -0.1) is 0 Å². The third-order valence-corrected chi connectivity index (χ3v) is 11.9. The number of esters is 1. The fourth-order valence-electron chi connectivity index (χ4n) is 9.20. The van der Waals surface area contributed by atoms with Gasteiger partial charge in [-0.25, -0.2) is 0 Å². The highest BCUT2D eigenvalue weighted by Gasteiger charge is 2.76. The molecule has 54 heavy (non-hydrogen) atoms. The Hall–Kier alpha value is -4.43. The largest absolute Gasteiger partial charge is 0.458 e. The summed E-state index contributed by atoms with van der Waals surface area (Å²) in [4.78, 5) is 47.8. The van der Waals surface area contributed by atoms with Gasteiger partial charge < -0.3 is 34.7 Å². The van der Waals surface area contributed by atoms with Gasteiger partial charge in [0.25, 0.3) is 0 Å². The molecule has 3 aromatic rings. The first-order chi connectivity index (χ1) is 26.4. The quantitative estimate of drug-likeness (QED) is 0.187. The van der Waals surface area contributed by atoms with Crippen molar-refractivity contribution in [1.82, 2.24) is 15.7 Å². The highest BCUT2D eigenvalue weighted by molar-refractivity contribution is 5.94. The number of epoxide rings is 1. The summed E-state index contributed by atoms with van der Waals surface area (Å²) in [6, 6.07) is 26.3. The van der Waals surface area contributed by atoms with Crippen molar-refractivity contribution in [3.05, 3.63) is 113 Å². The standard InChI is InChI=1S/C42H45N3O9/c46-22-21-43-34(47)19-20-44-40(49)41-24-33-35-36(53-42(52-35,29-7-3-1-4-8-29)30-9-5-2-6-10-30)38(41)54-45(37(41)39(48)51-33)25-28-15-12-26(13-16-28)11-14-27-17-18-31-32(23-27)50-31/h1-16,27,31-33,35-38,46H,17-25H2,(H,43,47)(H,44,49). The van der Waals surface area contributed by atoms with Crippen LogP contribution in [-0.2, 0) is 50.5 Å². The molecule has 3 N–H and O–H groups in total. The van der Waals surface area contributed by atoms with E-state index in [9.17, 15) is 14.4 Å². The maximum Gasteiger partial charge on any atom is 0.327 e. The minimum Gasteiger partial charge on any atom is -0.458 e. The zero-order valence-corrected chi connectivity index (χ0v) is 29.9. The molecule has 6 fully saturated rings. The molecular weight excluding hydrogens is 690 g/mol. The predicted octanol–water partition coefficient (Wildman–Crippen LogP) is 3.37. The zero-order chi connectivity index (χ0) is 36.9. The van der Waals surface area contributed by atoms with Crippen LogP contribution in [0.15, 0.2) is 91.0 Å². The number of aliphatic hydroxyl groups excluding tert-OH is 1. The molecule has 4 heterocycles. The predicted molar refractivity (Wildman–Crippen MR) is 194 cm³/mol. The molecule has 2 aliphatic carbocycles. The van der Waals surface area contributed by atoms with Gasteiger partial charge >= 0.3 is 5.97 Å². The van der Waals surface area contributed by atoms with Crippen LogP contribution in [0.1, 0.15) is 54.4 Å². The lowest BCUT2D eigenvalue weighted by Crippen LogP contribution is -2.69. The molecule has 9 rings (SSSR count). The van der Waals surface area contributed by atoms with E-state index in [1.54, 1.807) is 5.06 Å². The SMILES string of the molecule is O=C(CCNC(=O)C12CC3OC(=O)C1N(Cc1ccc(C=CC4CCC5OC5C4)cc1)OC2C1OC(c2ccccc2)(c2ccccc2)OC31)NCCO. The van der Waals surface area contributed by atoms with E-state index in [-0.39, 0.29) is 45.0 Å². The molecule has 0 radical (unpaired) electrons. The van der Waals surface area contributed by atoms with Gasteiger partial charge in [0.1, 0.15) is 29.8 Å². The topological polar surface area (TPSA) is 148 Å². The monoisotopic (exact) mass is 735 g/mol. The van der Waals surface area contributed by atoms with Crippen LogP contribution in [0, 0.1) is 11.3 Å². The molecule has 2 saturated carbocycles. The summed E-state index contributed by atoms with van der Waals surface area (Å²) in [5, 5.41) is 16.2. The van der Waals surface area contributed by atoms with Gasteiger partial charge in [0.05, 0.1) is 25.4 Å². The van der Waals surface area contributed by atoms with E-state index in [1.807, 2.05) is 84.9 Å².